The molecule has 0 heterocycles. The van der Waals surface area contributed by atoms with Crippen LogP contribution in [0.25, 0.3) is 0 Å². The number of aliphatic hydroxyl groups excluding tert-OH is 1. The van der Waals surface area contributed by atoms with Gasteiger partial charge in [-0.05, 0) is 27.8 Å². The molecule has 0 aromatic carbocycles. The van der Waals surface area contributed by atoms with Gasteiger partial charge in [0.2, 0.25) is 0 Å². The SMILES string of the molecule is CN(CC(O)CNC(C)(C)C)CC(F)(F)F. The van der Waals surface area contributed by atoms with Crippen molar-refractivity contribution in [1.29, 1.82) is 0 Å². The molecule has 0 fully saturated rings. The van der Waals surface area contributed by atoms with E-state index in [1.165, 1.54) is 7.05 Å². The van der Waals surface area contributed by atoms with Gasteiger partial charge in [-0.15, -0.1) is 0 Å². The Labute approximate surface area is 94.6 Å². The quantitative estimate of drug-likeness (QED) is 0.761. The molecule has 98 valence electrons. The van der Waals surface area contributed by atoms with Crippen LogP contribution < -0.4 is 5.32 Å². The van der Waals surface area contributed by atoms with Gasteiger partial charge in [0.1, 0.15) is 0 Å². The number of β-amino-alcohol motifs (C(OH)–C–C–N with tert-alkyl or cyclic N) is 1. The summed E-state index contributed by atoms with van der Waals surface area (Å²) in [7, 11) is 1.34. The van der Waals surface area contributed by atoms with Gasteiger partial charge < -0.3 is 10.4 Å². The zero-order valence-electron chi connectivity index (χ0n) is 10.2. The average Bonchev–Trinajstić information content (AvgIpc) is 1.95. The molecule has 2 N–H and O–H groups in total. The number of hydrogen-bond donors (Lipinski definition) is 2. The van der Waals surface area contributed by atoms with E-state index in [2.05, 4.69) is 5.32 Å². The first kappa shape index (κ1) is 15.7. The predicted molar refractivity (Wildman–Crippen MR) is 57.3 cm³/mol. The van der Waals surface area contributed by atoms with Crippen LogP contribution in [0, 0.1) is 0 Å². The van der Waals surface area contributed by atoms with E-state index in [1.807, 2.05) is 20.8 Å². The molecule has 0 saturated carbocycles. The highest BCUT2D eigenvalue weighted by molar-refractivity contribution is 4.74. The van der Waals surface area contributed by atoms with Gasteiger partial charge in [-0.2, -0.15) is 13.2 Å². The Balaban J connectivity index is 3.83. The van der Waals surface area contributed by atoms with Gasteiger partial charge in [0.25, 0.3) is 0 Å². The van der Waals surface area contributed by atoms with Crippen molar-refractivity contribution in [2.45, 2.75) is 38.6 Å². The fourth-order valence-corrected chi connectivity index (χ4v) is 1.22. The third kappa shape index (κ3) is 10.2. The summed E-state index contributed by atoms with van der Waals surface area (Å²) >= 11 is 0. The third-order valence-corrected chi connectivity index (χ3v) is 1.84. The van der Waals surface area contributed by atoms with Crippen LogP contribution in [0.5, 0.6) is 0 Å². The van der Waals surface area contributed by atoms with Gasteiger partial charge in [0.15, 0.2) is 0 Å². The molecule has 0 amide bonds. The van der Waals surface area contributed by atoms with Gasteiger partial charge in [0, 0.05) is 18.6 Å². The molecule has 6 heteroatoms. The molecular weight excluding hydrogens is 221 g/mol. The second-order valence-corrected chi connectivity index (χ2v) is 5.10. The number of nitrogens with one attached hydrogen (secondary N) is 1. The molecule has 16 heavy (non-hydrogen) atoms. The molecule has 0 bridgehead atoms. The molecule has 0 radical (unpaired) electrons. The summed E-state index contributed by atoms with van der Waals surface area (Å²) in [5.41, 5.74) is -0.149. The van der Waals surface area contributed by atoms with Crippen LogP contribution in [0.15, 0.2) is 0 Å². The van der Waals surface area contributed by atoms with E-state index in [1.54, 1.807) is 0 Å². The minimum absolute atomic E-state index is 0.00257. The molecule has 1 atom stereocenters. The molecule has 1 unspecified atom stereocenters. The van der Waals surface area contributed by atoms with Crippen LogP contribution in [-0.2, 0) is 0 Å². The highest BCUT2D eigenvalue weighted by Gasteiger charge is 2.29. The van der Waals surface area contributed by atoms with E-state index in [9.17, 15) is 18.3 Å². The summed E-state index contributed by atoms with van der Waals surface area (Å²) in [5, 5.41) is 12.5. The fraction of sp³-hybridized carbons (Fsp3) is 1.00. The minimum atomic E-state index is -4.22. The van der Waals surface area contributed by atoms with Gasteiger partial charge >= 0.3 is 6.18 Å². The molecule has 0 rings (SSSR count). The molecule has 0 aliphatic carbocycles. The van der Waals surface area contributed by atoms with E-state index in [0.29, 0.717) is 0 Å². The van der Waals surface area contributed by atoms with Crippen molar-refractivity contribution in [3.63, 3.8) is 0 Å². The molecule has 0 spiro atoms. The highest BCUT2D eigenvalue weighted by Crippen LogP contribution is 2.15. The van der Waals surface area contributed by atoms with Crippen molar-refractivity contribution in [2.24, 2.45) is 0 Å². The fourth-order valence-electron chi connectivity index (χ4n) is 1.22. The Morgan fingerprint density at radius 3 is 2.12 bits per heavy atom. The van der Waals surface area contributed by atoms with Crippen LogP contribution >= 0.6 is 0 Å². The lowest BCUT2D eigenvalue weighted by Crippen LogP contribution is -2.45. The first-order chi connectivity index (χ1) is 6.99. The van der Waals surface area contributed by atoms with Crippen LogP contribution in [0.4, 0.5) is 13.2 Å². The van der Waals surface area contributed by atoms with Gasteiger partial charge in [-0.3, -0.25) is 4.90 Å². The lowest BCUT2D eigenvalue weighted by Gasteiger charge is -2.26. The topological polar surface area (TPSA) is 35.5 Å². The zero-order chi connectivity index (χ0) is 13.0. The number of likely N-dealkylation sites (N-methyl/N-ethyl adjacent to an activating group) is 1. The summed E-state index contributed by atoms with van der Waals surface area (Å²) in [6.45, 7) is 5.07. The summed E-state index contributed by atoms with van der Waals surface area (Å²) in [6.07, 6.45) is -5.02. The standard InChI is InChI=1S/C10H21F3N2O/c1-9(2,3)14-5-8(16)6-15(4)7-10(11,12)13/h8,14,16H,5-7H2,1-4H3. The number of aliphatic hydroxyl groups is 1. The van der Waals surface area contributed by atoms with E-state index < -0.39 is 18.8 Å². The van der Waals surface area contributed by atoms with E-state index >= 15 is 0 Å². The van der Waals surface area contributed by atoms with E-state index in [4.69, 9.17) is 0 Å². The average molecular weight is 242 g/mol. The summed E-state index contributed by atoms with van der Waals surface area (Å²) in [4.78, 5) is 1.06. The molecule has 0 aliphatic rings. The number of rotatable bonds is 5. The molecule has 0 aromatic heterocycles. The van der Waals surface area contributed by atoms with Crippen molar-refractivity contribution in [2.75, 3.05) is 26.7 Å². The minimum Gasteiger partial charge on any atom is -0.390 e. The Morgan fingerprint density at radius 1 is 1.25 bits per heavy atom. The largest absolute Gasteiger partial charge is 0.401 e. The maximum atomic E-state index is 12.0. The Hall–Kier alpha value is -0.330. The number of hydrogen-bond acceptors (Lipinski definition) is 3. The molecule has 0 aromatic rings. The lowest BCUT2D eigenvalue weighted by atomic mass is 10.1. The Morgan fingerprint density at radius 2 is 1.75 bits per heavy atom. The normalized spacial score (nSPS) is 15.6. The first-order valence-corrected chi connectivity index (χ1v) is 5.18. The Kier molecular flexibility index (Phi) is 5.72. The van der Waals surface area contributed by atoms with Crippen molar-refractivity contribution >= 4 is 0 Å². The first-order valence-electron chi connectivity index (χ1n) is 5.18. The van der Waals surface area contributed by atoms with Gasteiger partial charge in [-0.1, -0.05) is 0 Å². The summed E-state index contributed by atoms with van der Waals surface area (Å²) in [6, 6.07) is 0. The third-order valence-electron chi connectivity index (χ3n) is 1.84. The predicted octanol–water partition coefficient (Wildman–Crippen LogP) is 1.23. The second-order valence-electron chi connectivity index (χ2n) is 5.10. The number of halogens is 3. The van der Waals surface area contributed by atoms with Crippen molar-refractivity contribution in [1.82, 2.24) is 10.2 Å². The van der Waals surface area contributed by atoms with Crippen LogP contribution in [0.1, 0.15) is 20.8 Å². The number of nitrogens with zero attached hydrogens (tertiary/aromatic N) is 1. The molecule has 0 saturated heterocycles. The molecular formula is C10H21F3N2O. The monoisotopic (exact) mass is 242 g/mol. The van der Waals surface area contributed by atoms with E-state index in [0.717, 1.165) is 4.90 Å². The van der Waals surface area contributed by atoms with Crippen LogP contribution in [0.2, 0.25) is 0 Å². The Bertz CT molecular complexity index is 201. The summed E-state index contributed by atoms with van der Waals surface area (Å²) < 4.78 is 36.0. The van der Waals surface area contributed by atoms with Crippen molar-refractivity contribution in [3.8, 4) is 0 Å². The lowest BCUT2D eigenvalue weighted by molar-refractivity contribution is -0.145. The van der Waals surface area contributed by atoms with Crippen molar-refractivity contribution in [3.05, 3.63) is 0 Å². The zero-order valence-corrected chi connectivity index (χ0v) is 10.2. The maximum Gasteiger partial charge on any atom is 0.401 e. The van der Waals surface area contributed by atoms with Gasteiger partial charge in [-0.25, -0.2) is 0 Å². The summed E-state index contributed by atoms with van der Waals surface area (Å²) in [5.74, 6) is 0. The van der Waals surface area contributed by atoms with Crippen LogP contribution in [0.3, 0.4) is 0 Å². The smallest absolute Gasteiger partial charge is 0.390 e. The molecule has 3 nitrogen and oxygen atoms in total. The molecule has 0 aliphatic heterocycles. The number of alkyl halides is 3. The van der Waals surface area contributed by atoms with Crippen molar-refractivity contribution < 1.29 is 18.3 Å². The second kappa shape index (κ2) is 5.84. The highest BCUT2D eigenvalue weighted by atomic mass is 19.4. The van der Waals surface area contributed by atoms with Gasteiger partial charge in [0.05, 0.1) is 12.6 Å². The maximum absolute atomic E-state index is 12.0. The van der Waals surface area contributed by atoms with Crippen LogP contribution in [-0.4, -0.2) is 54.5 Å². The van der Waals surface area contributed by atoms with E-state index in [-0.39, 0.29) is 18.6 Å².